The lowest BCUT2D eigenvalue weighted by Gasteiger charge is -2.20. The molecule has 3 rings (SSSR count). The van der Waals surface area contributed by atoms with E-state index in [1.807, 2.05) is 61.5 Å². The smallest absolute Gasteiger partial charge is 0.222 e. The summed E-state index contributed by atoms with van der Waals surface area (Å²) in [6.07, 6.45) is 9.48. The minimum absolute atomic E-state index is 0.194. The van der Waals surface area contributed by atoms with E-state index in [4.69, 9.17) is 14.5 Å². The van der Waals surface area contributed by atoms with Crippen LogP contribution in [0.4, 0.5) is 0 Å². The fourth-order valence-electron chi connectivity index (χ4n) is 3.93. The Balaban J connectivity index is 1.60. The van der Waals surface area contributed by atoms with E-state index >= 15 is 0 Å². The first kappa shape index (κ1) is 26.3. The number of rotatable bonds is 14. The van der Waals surface area contributed by atoms with E-state index in [-0.39, 0.29) is 11.8 Å². The largest absolute Gasteiger partial charge is 0.497 e. The number of allylic oxidation sites excluding steroid dienone is 1. The monoisotopic (exact) mass is 478 g/mol. The molecule has 2 heterocycles. The van der Waals surface area contributed by atoms with Crippen LogP contribution in [0.15, 0.2) is 49.2 Å². The second kappa shape index (κ2) is 12.9. The molecule has 1 unspecified atom stereocenters. The molecule has 0 saturated heterocycles. The Hall–Kier alpha value is -3.35. The Morgan fingerprint density at radius 1 is 1.23 bits per heavy atom. The molecule has 0 N–H and O–H groups in total. The van der Waals surface area contributed by atoms with Crippen LogP contribution < -0.4 is 9.47 Å². The topological polar surface area (TPSA) is 69.5 Å². The van der Waals surface area contributed by atoms with Crippen LogP contribution >= 0.6 is 0 Å². The van der Waals surface area contributed by atoms with Crippen molar-refractivity contribution in [3.63, 3.8) is 0 Å². The summed E-state index contributed by atoms with van der Waals surface area (Å²) < 4.78 is 13.3. The molecule has 0 aliphatic carbocycles. The molecule has 35 heavy (non-hydrogen) atoms. The highest BCUT2D eigenvalue weighted by Crippen LogP contribution is 2.30. The average Bonchev–Trinajstić information content (AvgIpc) is 3.29. The van der Waals surface area contributed by atoms with Crippen LogP contribution in [0.5, 0.6) is 11.5 Å². The summed E-state index contributed by atoms with van der Waals surface area (Å²) in [6, 6.07) is 9.62. The molecular weight excluding hydrogens is 440 g/mol. The number of aryl methyl sites for hydroxylation is 1. The van der Waals surface area contributed by atoms with Crippen LogP contribution in [0.2, 0.25) is 0 Å². The molecule has 0 spiro atoms. The molecule has 0 aliphatic rings. The zero-order valence-corrected chi connectivity index (χ0v) is 21.5. The molecule has 188 valence electrons. The van der Waals surface area contributed by atoms with Crippen molar-refractivity contribution in [1.82, 2.24) is 19.7 Å². The van der Waals surface area contributed by atoms with Gasteiger partial charge in [0.05, 0.1) is 24.9 Å². The van der Waals surface area contributed by atoms with Gasteiger partial charge in [0.15, 0.2) is 5.82 Å². The molecule has 1 amide bonds. The minimum atomic E-state index is 0.194. The Morgan fingerprint density at radius 3 is 2.77 bits per heavy atom. The molecule has 0 bridgehead atoms. The van der Waals surface area contributed by atoms with E-state index in [0.717, 1.165) is 66.7 Å². The first-order chi connectivity index (χ1) is 16.9. The van der Waals surface area contributed by atoms with Gasteiger partial charge in [0.1, 0.15) is 11.5 Å². The molecule has 0 aliphatic heterocycles. The Kier molecular flexibility index (Phi) is 9.70. The lowest BCUT2D eigenvalue weighted by molar-refractivity contribution is -0.130. The van der Waals surface area contributed by atoms with Gasteiger partial charge in [-0.25, -0.2) is 9.67 Å². The number of carbonyl (C=O) groups excluding carboxylic acids is 1. The van der Waals surface area contributed by atoms with Crippen LogP contribution in [0, 0.1) is 12.8 Å². The molecule has 1 atom stereocenters. The highest BCUT2D eigenvalue weighted by Gasteiger charge is 2.15. The number of hydrogen-bond acceptors (Lipinski definition) is 5. The number of benzene rings is 1. The fraction of sp³-hybridized carbons (Fsp3) is 0.464. The SMILES string of the molecule is C=CCCCCCN(C)C(=O)CC(C)CCOc1cc(-n2ccc(C)n2)nc2cc(OC)ccc12. The summed E-state index contributed by atoms with van der Waals surface area (Å²) in [5, 5.41) is 5.40. The van der Waals surface area contributed by atoms with Crippen molar-refractivity contribution in [3.05, 3.63) is 54.9 Å². The molecule has 2 aromatic heterocycles. The Morgan fingerprint density at radius 2 is 2.06 bits per heavy atom. The molecule has 7 heteroatoms. The predicted molar refractivity (Wildman–Crippen MR) is 140 cm³/mol. The van der Waals surface area contributed by atoms with Crippen molar-refractivity contribution in [2.24, 2.45) is 5.92 Å². The molecule has 0 fully saturated rings. The zero-order valence-electron chi connectivity index (χ0n) is 21.5. The second-order valence-electron chi connectivity index (χ2n) is 9.16. The summed E-state index contributed by atoms with van der Waals surface area (Å²) in [5.74, 6) is 2.59. The van der Waals surface area contributed by atoms with Crippen LogP contribution in [-0.4, -0.2) is 52.9 Å². The lowest BCUT2D eigenvalue weighted by Crippen LogP contribution is -2.29. The van der Waals surface area contributed by atoms with Gasteiger partial charge in [-0.3, -0.25) is 4.79 Å². The molecule has 0 saturated carbocycles. The number of unbranched alkanes of at least 4 members (excludes halogenated alkanes) is 3. The lowest BCUT2D eigenvalue weighted by atomic mass is 10.0. The normalized spacial score (nSPS) is 11.9. The number of hydrogen-bond donors (Lipinski definition) is 0. The van der Waals surface area contributed by atoms with Crippen molar-refractivity contribution in [2.45, 2.75) is 52.4 Å². The maximum Gasteiger partial charge on any atom is 0.222 e. The third kappa shape index (κ3) is 7.57. The van der Waals surface area contributed by atoms with Crippen LogP contribution in [0.25, 0.3) is 16.7 Å². The number of aromatic nitrogens is 3. The van der Waals surface area contributed by atoms with Crippen molar-refractivity contribution >= 4 is 16.8 Å². The van der Waals surface area contributed by atoms with Gasteiger partial charge in [-0.2, -0.15) is 5.10 Å². The first-order valence-corrected chi connectivity index (χ1v) is 12.4. The van der Waals surface area contributed by atoms with Gasteiger partial charge in [0.25, 0.3) is 0 Å². The van der Waals surface area contributed by atoms with Gasteiger partial charge >= 0.3 is 0 Å². The van der Waals surface area contributed by atoms with Crippen LogP contribution in [-0.2, 0) is 4.79 Å². The van der Waals surface area contributed by atoms with E-state index in [0.29, 0.717) is 18.8 Å². The highest BCUT2D eigenvalue weighted by atomic mass is 16.5. The zero-order chi connectivity index (χ0) is 25.2. The molecular formula is C28H38N4O3. The number of amides is 1. The van der Waals surface area contributed by atoms with Crippen LogP contribution in [0.3, 0.4) is 0 Å². The third-order valence-electron chi connectivity index (χ3n) is 6.14. The molecule has 7 nitrogen and oxygen atoms in total. The Labute approximate surface area is 208 Å². The van der Waals surface area contributed by atoms with Gasteiger partial charge in [-0.15, -0.1) is 6.58 Å². The van der Waals surface area contributed by atoms with Gasteiger partial charge in [-0.1, -0.05) is 19.4 Å². The van der Waals surface area contributed by atoms with Crippen molar-refractivity contribution in [2.75, 3.05) is 27.3 Å². The average molecular weight is 479 g/mol. The van der Waals surface area contributed by atoms with Gasteiger partial charge in [0.2, 0.25) is 5.91 Å². The molecule has 3 aromatic rings. The second-order valence-corrected chi connectivity index (χ2v) is 9.16. The van der Waals surface area contributed by atoms with Crippen molar-refractivity contribution in [3.8, 4) is 17.3 Å². The van der Waals surface area contributed by atoms with E-state index in [1.165, 1.54) is 0 Å². The van der Waals surface area contributed by atoms with Crippen molar-refractivity contribution in [1.29, 1.82) is 0 Å². The number of pyridine rings is 1. The van der Waals surface area contributed by atoms with E-state index in [2.05, 4.69) is 18.6 Å². The number of methoxy groups -OCH3 is 1. The summed E-state index contributed by atoms with van der Waals surface area (Å²) >= 11 is 0. The van der Waals surface area contributed by atoms with Crippen LogP contribution in [0.1, 0.15) is 51.1 Å². The van der Waals surface area contributed by atoms with E-state index in [1.54, 1.807) is 11.8 Å². The summed E-state index contributed by atoms with van der Waals surface area (Å²) in [5.41, 5.74) is 1.70. The number of fused-ring (bicyclic) bond motifs is 1. The van der Waals surface area contributed by atoms with Gasteiger partial charge in [-0.05, 0) is 56.7 Å². The number of carbonyl (C=O) groups is 1. The van der Waals surface area contributed by atoms with E-state index < -0.39 is 0 Å². The summed E-state index contributed by atoms with van der Waals surface area (Å²) in [6.45, 7) is 9.12. The third-order valence-corrected chi connectivity index (χ3v) is 6.14. The van der Waals surface area contributed by atoms with Gasteiger partial charge < -0.3 is 14.4 Å². The quantitative estimate of drug-likeness (QED) is 0.218. The molecule has 0 radical (unpaired) electrons. The van der Waals surface area contributed by atoms with E-state index in [9.17, 15) is 4.79 Å². The standard InChI is InChI=1S/C28H38N4O3/c1-6-7-8-9-10-15-31(4)28(33)18-21(2)14-17-35-26-20-27(32-16-13-22(3)30-32)29-25-19-23(34-5)11-12-24(25)26/h6,11-13,16,19-21H,1,7-10,14-15,17-18H2,2-5H3. The Bertz CT molecular complexity index is 1120. The highest BCUT2D eigenvalue weighted by molar-refractivity contribution is 5.87. The molecule has 1 aromatic carbocycles. The first-order valence-electron chi connectivity index (χ1n) is 12.4. The summed E-state index contributed by atoms with van der Waals surface area (Å²) in [7, 11) is 3.54. The summed E-state index contributed by atoms with van der Waals surface area (Å²) in [4.78, 5) is 19.2. The fourth-order valence-corrected chi connectivity index (χ4v) is 3.93. The van der Waals surface area contributed by atoms with Gasteiger partial charge in [0, 0.05) is 43.7 Å². The van der Waals surface area contributed by atoms with Crippen molar-refractivity contribution < 1.29 is 14.3 Å². The minimum Gasteiger partial charge on any atom is -0.497 e. The maximum atomic E-state index is 12.6. The number of nitrogens with zero attached hydrogens (tertiary/aromatic N) is 4. The maximum absolute atomic E-state index is 12.6. The number of ether oxygens (including phenoxy) is 2. The predicted octanol–water partition coefficient (Wildman–Crippen LogP) is 5.74.